The highest BCUT2D eigenvalue weighted by Gasteiger charge is 2.28. The summed E-state index contributed by atoms with van der Waals surface area (Å²) in [5.41, 5.74) is 11.1. The van der Waals surface area contributed by atoms with E-state index in [1.165, 1.54) is 0 Å². The molecule has 1 aliphatic rings. The first kappa shape index (κ1) is 14.0. The Bertz CT molecular complexity index is 283. The lowest BCUT2D eigenvalue weighted by Gasteiger charge is -2.27. The zero-order valence-corrected chi connectivity index (χ0v) is 10.6. The summed E-state index contributed by atoms with van der Waals surface area (Å²) >= 11 is 0. The molecule has 1 rings (SSSR count). The van der Waals surface area contributed by atoms with E-state index in [9.17, 15) is 9.59 Å². The first-order valence-electron chi connectivity index (χ1n) is 6.27. The summed E-state index contributed by atoms with van der Waals surface area (Å²) in [5.74, 6) is -0.534. The molecule has 0 aromatic rings. The van der Waals surface area contributed by atoms with E-state index in [2.05, 4.69) is 5.32 Å². The van der Waals surface area contributed by atoms with Crippen molar-refractivity contribution in [3.8, 4) is 0 Å². The highest BCUT2D eigenvalue weighted by molar-refractivity contribution is 5.87. The molecule has 0 heterocycles. The lowest BCUT2D eigenvalue weighted by atomic mass is 9.85. The van der Waals surface area contributed by atoms with Gasteiger partial charge in [-0.05, 0) is 31.6 Å². The highest BCUT2D eigenvalue weighted by Crippen LogP contribution is 2.23. The quantitative estimate of drug-likeness (QED) is 0.652. The molecule has 5 heteroatoms. The molecule has 0 aromatic carbocycles. The van der Waals surface area contributed by atoms with Gasteiger partial charge in [-0.2, -0.15) is 0 Å². The number of hydrogen-bond donors (Lipinski definition) is 3. The maximum atomic E-state index is 12.0. The molecular formula is C12H23N3O2. The van der Waals surface area contributed by atoms with Crippen molar-refractivity contribution in [2.24, 2.45) is 23.3 Å². The fourth-order valence-electron chi connectivity index (χ4n) is 2.22. The summed E-state index contributed by atoms with van der Waals surface area (Å²) in [7, 11) is 0. The summed E-state index contributed by atoms with van der Waals surface area (Å²) < 4.78 is 0. The highest BCUT2D eigenvalue weighted by atomic mass is 16.2. The second kappa shape index (κ2) is 6.00. The summed E-state index contributed by atoms with van der Waals surface area (Å²) in [5, 5.41) is 2.75. The van der Waals surface area contributed by atoms with Gasteiger partial charge in [-0.3, -0.25) is 9.59 Å². The van der Waals surface area contributed by atoms with E-state index < -0.39 is 11.9 Å². The Morgan fingerprint density at radius 2 is 1.71 bits per heavy atom. The van der Waals surface area contributed by atoms with Gasteiger partial charge in [0.05, 0.1) is 0 Å². The number of amides is 2. The summed E-state index contributed by atoms with van der Waals surface area (Å²) in [6.45, 7) is 3.74. The molecule has 0 aliphatic heterocycles. The van der Waals surface area contributed by atoms with Crippen LogP contribution in [0.4, 0.5) is 0 Å². The van der Waals surface area contributed by atoms with Crippen LogP contribution in [0.1, 0.15) is 39.5 Å². The topological polar surface area (TPSA) is 98.2 Å². The van der Waals surface area contributed by atoms with Crippen LogP contribution in [0.15, 0.2) is 0 Å². The van der Waals surface area contributed by atoms with Gasteiger partial charge in [-0.25, -0.2) is 0 Å². The molecule has 1 unspecified atom stereocenters. The Hall–Kier alpha value is -1.10. The number of primary amides is 1. The standard InChI is InChI=1S/C12H23N3O2/c1-7(2)10(11(14)16)15-12(17)8-3-5-9(13)6-4-8/h7-10H,3-6,13H2,1-2H3,(H2,14,16)(H,15,17). The number of carbonyl (C=O) groups is 2. The minimum absolute atomic E-state index is 0.0160. The molecule has 0 radical (unpaired) electrons. The van der Waals surface area contributed by atoms with Gasteiger partial charge in [-0.1, -0.05) is 13.8 Å². The zero-order valence-electron chi connectivity index (χ0n) is 10.6. The Balaban J connectivity index is 2.50. The SMILES string of the molecule is CC(C)C(NC(=O)C1CCC(N)CC1)C(N)=O. The predicted molar refractivity (Wildman–Crippen MR) is 65.9 cm³/mol. The largest absolute Gasteiger partial charge is 0.368 e. The monoisotopic (exact) mass is 241 g/mol. The Labute approximate surface area is 102 Å². The van der Waals surface area contributed by atoms with E-state index in [4.69, 9.17) is 11.5 Å². The molecule has 0 bridgehead atoms. The minimum Gasteiger partial charge on any atom is -0.368 e. The van der Waals surface area contributed by atoms with E-state index in [0.29, 0.717) is 0 Å². The number of hydrogen-bond acceptors (Lipinski definition) is 3. The number of carbonyl (C=O) groups excluding carboxylic acids is 2. The maximum Gasteiger partial charge on any atom is 0.240 e. The average Bonchev–Trinajstić information content (AvgIpc) is 2.25. The first-order chi connectivity index (χ1) is 7.91. The van der Waals surface area contributed by atoms with Crippen molar-refractivity contribution in [1.29, 1.82) is 0 Å². The van der Waals surface area contributed by atoms with Gasteiger partial charge in [0.25, 0.3) is 0 Å². The lowest BCUT2D eigenvalue weighted by Crippen LogP contribution is -2.50. The molecule has 5 nitrogen and oxygen atoms in total. The zero-order chi connectivity index (χ0) is 13.0. The van der Waals surface area contributed by atoms with Gasteiger partial charge in [-0.15, -0.1) is 0 Å². The Kier molecular flexibility index (Phi) is 4.93. The molecular weight excluding hydrogens is 218 g/mol. The van der Waals surface area contributed by atoms with Gasteiger partial charge in [0.2, 0.25) is 11.8 Å². The third-order valence-corrected chi connectivity index (χ3v) is 3.41. The number of nitrogens with one attached hydrogen (secondary N) is 1. The van der Waals surface area contributed by atoms with Crippen molar-refractivity contribution >= 4 is 11.8 Å². The predicted octanol–water partition coefficient (Wildman–Crippen LogP) is 0.130. The van der Waals surface area contributed by atoms with Crippen molar-refractivity contribution in [1.82, 2.24) is 5.32 Å². The maximum absolute atomic E-state index is 12.0. The summed E-state index contributed by atoms with van der Waals surface area (Å²) in [6.07, 6.45) is 3.36. The molecule has 98 valence electrons. The van der Waals surface area contributed by atoms with Gasteiger partial charge >= 0.3 is 0 Å². The summed E-state index contributed by atoms with van der Waals surface area (Å²) in [4.78, 5) is 23.2. The van der Waals surface area contributed by atoms with Gasteiger partial charge in [0.15, 0.2) is 0 Å². The van der Waals surface area contributed by atoms with E-state index in [1.54, 1.807) is 0 Å². The molecule has 0 spiro atoms. The number of nitrogens with two attached hydrogens (primary N) is 2. The van der Waals surface area contributed by atoms with E-state index in [1.807, 2.05) is 13.8 Å². The molecule has 2 amide bonds. The average molecular weight is 241 g/mol. The van der Waals surface area contributed by atoms with Crippen molar-refractivity contribution in [2.75, 3.05) is 0 Å². The van der Waals surface area contributed by atoms with Crippen molar-refractivity contribution < 1.29 is 9.59 Å². The second-order valence-electron chi connectivity index (χ2n) is 5.24. The number of rotatable bonds is 4. The fourth-order valence-corrected chi connectivity index (χ4v) is 2.22. The van der Waals surface area contributed by atoms with Crippen LogP contribution in [0.2, 0.25) is 0 Å². The van der Waals surface area contributed by atoms with Crippen LogP contribution in [-0.4, -0.2) is 23.9 Å². The van der Waals surface area contributed by atoms with Crippen LogP contribution in [0.5, 0.6) is 0 Å². The van der Waals surface area contributed by atoms with Crippen molar-refractivity contribution in [3.05, 3.63) is 0 Å². The molecule has 17 heavy (non-hydrogen) atoms. The van der Waals surface area contributed by atoms with E-state index in [0.717, 1.165) is 25.7 Å². The van der Waals surface area contributed by atoms with Crippen LogP contribution in [-0.2, 0) is 9.59 Å². The van der Waals surface area contributed by atoms with Crippen molar-refractivity contribution in [2.45, 2.75) is 51.6 Å². The minimum atomic E-state index is -0.571. The smallest absolute Gasteiger partial charge is 0.240 e. The molecule has 1 fully saturated rings. The molecule has 1 atom stereocenters. The lowest BCUT2D eigenvalue weighted by molar-refractivity contribution is -0.131. The van der Waals surface area contributed by atoms with Crippen LogP contribution < -0.4 is 16.8 Å². The van der Waals surface area contributed by atoms with Crippen LogP contribution in [0.3, 0.4) is 0 Å². The van der Waals surface area contributed by atoms with Crippen LogP contribution >= 0.6 is 0 Å². The van der Waals surface area contributed by atoms with Gasteiger partial charge < -0.3 is 16.8 Å². The third kappa shape index (κ3) is 4.00. The molecule has 5 N–H and O–H groups in total. The van der Waals surface area contributed by atoms with Gasteiger partial charge in [0, 0.05) is 12.0 Å². The molecule has 1 aliphatic carbocycles. The molecule has 0 aromatic heterocycles. The Morgan fingerprint density at radius 1 is 1.18 bits per heavy atom. The van der Waals surface area contributed by atoms with Crippen LogP contribution in [0, 0.1) is 11.8 Å². The molecule has 1 saturated carbocycles. The van der Waals surface area contributed by atoms with E-state index in [-0.39, 0.29) is 23.8 Å². The normalized spacial score (nSPS) is 26.6. The van der Waals surface area contributed by atoms with E-state index >= 15 is 0 Å². The first-order valence-corrected chi connectivity index (χ1v) is 6.27. The van der Waals surface area contributed by atoms with Crippen LogP contribution in [0.25, 0.3) is 0 Å². The third-order valence-electron chi connectivity index (χ3n) is 3.41. The molecule has 0 saturated heterocycles. The summed E-state index contributed by atoms with van der Waals surface area (Å²) in [6, 6.07) is -0.353. The van der Waals surface area contributed by atoms with Crippen molar-refractivity contribution in [3.63, 3.8) is 0 Å². The second-order valence-corrected chi connectivity index (χ2v) is 5.24. The van der Waals surface area contributed by atoms with Gasteiger partial charge in [0.1, 0.15) is 6.04 Å². The Morgan fingerprint density at radius 3 is 2.12 bits per heavy atom. The fraction of sp³-hybridized carbons (Fsp3) is 0.833.